The minimum absolute atomic E-state index is 0.260. The van der Waals surface area contributed by atoms with Gasteiger partial charge in [0.25, 0.3) is 0 Å². The molecule has 1 heteroatoms. The lowest BCUT2D eigenvalue weighted by Crippen LogP contribution is -2.39. The van der Waals surface area contributed by atoms with Gasteiger partial charge in [-0.05, 0) is 39.2 Å². The Morgan fingerprint density at radius 3 is 2.06 bits per heavy atom. The van der Waals surface area contributed by atoms with Crippen LogP contribution in [0.1, 0.15) is 73.6 Å². The lowest BCUT2D eigenvalue weighted by Gasteiger charge is -2.26. The maximum Gasteiger partial charge on any atom is 0.00966 e. The van der Waals surface area contributed by atoms with Gasteiger partial charge < -0.3 is 5.32 Å². The molecule has 0 bridgehead atoms. The van der Waals surface area contributed by atoms with Crippen molar-refractivity contribution >= 4 is 0 Å². The van der Waals surface area contributed by atoms with Crippen molar-refractivity contribution in [2.45, 2.75) is 79.2 Å². The summed E-state index contributed by atoms with van der Waals surface area (Å²) in [6, 6.07) is 0. The van der Waals surface area contributed by atoms with E-state index >= 15 is 0 Å². The smallest absolute Gasteiger partial charge is 0.00966 e. The van der Waals surface area contributed by atoms with Gasteiger partial charge in [0.15, 0.2) is 0 Å². The molecule has 0 aliphatic heterocycles. The van der Waals surface area contributed by atoms with Crippen molar-refractivity contribution < 1.29 is 0 Å². The number of unbranched alkanes of at least 4 members (excludes halogenated alkanes) is 3. The zero-order valence-electron chi connectivity index (χ0n) is 12.4. The maximum absolute atomic E-state index is 3.60. The Bertz CT molecular complexity index is 157. The van der Waals surface area contributed by atoms with E-state index in [1.54, 1.807) is 0 Å². The third-order valence-electron chi connectivity index (χ3n) is 3.44. The molecule has 2 unspecified atom stereocenters. The molecular weight excluding hydrogens is 194 g/mol. The number of nitrogens with one attached hydrogen (secondary N) is 1. The average Bonchev–Trinajstić information content (AvgIpc) is 2.19. The third kappa shape index (κ3) is 9.21. The first-order valence-corrected chi connectivity index (χ1v) is 7.12. The summed E-state index contributed by atoms with van der Waals surface area (Å²) in [5.74, 6) is 1.65. The normalized spacial score (nSPS) is 16.1. The van der Waals surface area contributed by atoms with Crippen LogP contribution < -0.4 is 5.32 Å². The lowest BCUT2D eigenvalue weighted by atomic mass is 9.90. The molecule has 2 atom stereocenters. The van der Waals surface area contributed by atoms with Crippen molar-refractivity contribution in [1.82, 2.24) is 5.32 Å². The van der Waals surface area contributed by atoms with Crippen LogP contribution >= 0.6 is 0 Å². The van der Waals surface area contributed by atoms with Gasteiger partial charge in [0.05, 0.1) is 0 Å². The highest BCUT2D eigenvalue weighted by atomic mass is 14.9. The van der Waals surface area contributed by atoms with Crippen LogP contribution in [0.15, 0.2) is 0 Å². The van der Waals surface area contributed by atoms with Crippen LogP contribution in [0.2, 0.25) is 0 Å². The molecule has 16 heavy (non-hydrogen) atoms. The molecule has 0 aliphatic carbocycles. The highest BCUT2D eigenvalue weighted by Crippen LogP contribution is 2.19. The monoisotopic (exact) mass is 227 g/mol. The topological polar surface area (TPSA) is 12.0 Å². The molecule has 0 aliphatic rings. The highest BCUT2D eigenvalue weighted by Gasteiger charge is 2.15. The van der Waals surface area contributed by atoms with E-state index in [0.717, 1.165) is 18.4 Å². The molecule has 0 heterocycles. The summed E-state index contributed by atoms with van der Waals surface area (Å²) in [5.41, 5.74) is 0.260. The first-order chi connectivity index (χ1) is 7.37. The van der Waals surface area contributed by atoms with Crippen LogP contribution in [0.25, 0.3) is 0 Å². The fourth-order valence-electron chi connectivity index (χ4n) is 1.85. The van der Waals surface area contributed by atoms with Crippen molar-refractivity contribution in [2.24, 2.45) is 11.8 Å². The quantitative estimate of drug-likeness (QED) is 0.597. The lowest BCUT2D eigenvalue weighted by molar-refractivity contribution is 0.301. The van der Waals surface area contributed by atoms with Gasteiger partial charge in [-0.25, -0.2) is 0 Å². The van der Waals surface area contributed by atoms with E-state index in [9.17, 15) is 0 Å². The summed E-state index contributed by atoms with van der Waals surface area (Å²) >= 11 is 0. The van der Waals surface area contributed by atoms with E-state index in [4.69, 9.17) is 0 Å². The Balaban J connectivity index is 3.61. The second kappa shape index (κ2) is 8.11. The van der Waals surface area contributed by atoms with E-state index in [1.165, 1.54) is 32.1 Å². The Kier molecular flexibility index (Phi) is 8.09. The second-order valence-corrected chi connectivity index (χ2v) is 6.43. The van der Waals surface area contributed by atoms with Gasteiger partial charge in [-0.15, -0.1) is 0 Å². The minimum atomic E-state index is 0.260. The van der Waals surface area contributed by atoms with Gasteiger partial charge in [0.2, 0.25) is 0 Å². The van der Waals surface area contributed by atoms with Crippen molar-refractivity contribution in [2.75, 3.05) is 6.54 Å². The first kappa shape index (κ1) is 16.0. The Morgan fingerprint density at radius 1 is 0.938 bits per heavy atom. The fraction of sp³-hybridized carbons (Fsp3) is 1.00. The molecule has 0 aromatic rings. The molecule has 0 aromatic carbocycles. The number of rotatable bonds is 8. The zero-order chi connectivity index (χ0) is 12.6. The van der Waals surface area contributed by atoms with Crippen molar-refractivity contribution in [3.8, 4) is 0 Å². The molecule has 0 rings (SSSR count). The zero-order valence-corrected chi connectivity index (χ0v) is 12.4. The number of hydrogen-bond acceptors (Lipinski definition) is 1. The van der Waals surface area contributed by atoms with Crippen LogP contribution in [0.5, 0.6) is 0 Å². The average molecular weight is 227 g/mol. The highest BCUT2D eigenvalue weighted by molar-refractivity contribution is 4.73. The van der Waals surface area contributed by atoms with Crippen molar-refractivity contribution in [3.05, 3.63) is 0 Å². The molecular formula is C15H33N. The number of hydrogen-bond donors (Lipinski definition) is 1. The maximum atomic E-state index is 3.60. The van der Waals surface area contributed by atoms with Gasteiger partial charge in [0, 0.05) is 5.54 Å². The molecule has 0 saturated heterocycles. The van der Waals surface area contributed by atoms with Crippen molar-refractivity contribution in [3.63, 3.8) is 0 Å². The molecule has 0 spiro atoms. The van der Waals surface area contributed by atoms with Crippen LogP contribution in [-0.2, 0) is 0 Å². The van der Waals surface area contributed by atoms with Crippen LogP contribution in [-0.4, -0.2) is 12.1 Å². The summed E-state index contributed by atoms with van der Waals surface area (Å²) in [6.45, 7) is 14.9. The second-order valence-electron chi connectivity index (χ2n) is 6.43. The standard InChI is InChI=1S/C15H33N/c1-7-8-9-10-11-13(2)14(3)12-16-15(4,5)6/h13-14,16H,7-12H2,1-6H3. The van der Waals surface area contributed by atoms with Gasteiger partial charge in [-0.2, -0.15) is 0 Å². The Labute approximate surface area is 103 Å². The molecule has 98 valence electrons. The van der Waals surface area contributed by atoms with Gasteiger partial charge >= 0.3 is 0 Å². The van der Waals surface area contributed by atoms with Crippen molar-refractivity contribution in [1.29, 1.82) is 0 Å². The van der Waals surface area contributed by atoms with Crippen LogP contribution in [0.4, 0.5) is 0 Å². The summed E-state index contributed by atoms with van der Waals surface area (Å²) < 4.78 is 0. The largest absolute Gasteiger partial charge is 0.312 e. The summed E-state index contributed by atoms with van der Waals surface area (Å²) in [5, 5.41) is 3.60. The van der Waals surface area contributed by atoms with Crippen LogP contribution in [0.3, 0.4) is 0 Å². The predicted octanol–water partition coefficient (Wildman–Crippen LogP) is 4.62. The Hall–Kier alpha value is -0.0400. The van der Waals surface area contributed by atoms with E-state index in [0.29, 0.717) is 0 Å². The van der Waals surface area contributed by atoms with E-state index < -0.39 is 0 Å². The predicted molar refractivity (Wildman–Crippen MR) is 74.8 cm³/mol. The van der Waals surface area contributed by atoms with E-state index in [1.807, 2.05) is 0 Å². The molecule has 0 radical (unpaired) electrons. The molecule has 0 amide bonds. The SMILES string of the molecule is CCCCCCC(C)C(C)CNC(C)(C)C. The fourth-order valence-corrected chi connectivity index (χ4v) is 1.85. The van der Waals surface area contributed by atoms with Gasteiger partial charge in [-0.3, -0.25) is 0 Å². The molecule has 0 aromatic heterocycles. The molecule has 0 fully saturated rings. The first-order valence-electron chi connectivity index (χ1n) is 7.12. The molecule has 1 nitrogen and oxygen atoms in total. The van der Waals surface area contributed by atoms with Crippen LogP contribution in [0, 0.1) is 11.8 Å². The van der Waals surface area contributed by atoms with Gasteiger partial charge in [-0.1, -0.05) is 52.9 Å². The summed E-state index contributed by atoms with van der Waals surface area (Å²) in [6.07, 6.45) is 6.97. The van der Waals surface area contributed by atoms with E-state index in [2.05, 4.69) is 46.9 Å². The Morgan fingerprint density at radius 2 is 1.56 bits per heavy atom. The van der Waals surface area contributed by atoms with E-state index in [-0.39, 0.29) is 5.54 Å². The minimum Gasteiger partial charge on any atom is -0.312 e. The molecule has 0 saturated carbocycles. The summed E-state index contributed by atoms with van der Waals surface area (Å²) in [4.78, 5) is 0. The van der Waals surface area contributed by atoms with Gasteiger partial charge in [0.1, 0.15) is 0 Å². The molecule has 1 N–H and O–H groups in total. The third-order valence-corrected chi connectivity index (χ3v) is 3.44. The summed E-state index contributed by atoms with van der Waals surface area (Å²) in [7, 11) is 0.